The topological polar surface area (TPSA) is 123 Å². The van der Waals surface area contributed by atoms with Crippen LogP contribution in [0.25, 0.3) is 0 Å². The van der Waals surface area contributed by atoms with Crippen molar-refractivity contribution >= 4 is 35.6 Å². The normalized spacial score (nSPS) is 17.7. The number of nitrogens with zero attached hydrogens (tertiary/aromatic N) is 7. The summed E-state index contributed by atoms with van der Waals surface area (Å²) in [6.45, 7) is 2.12. The van der Waals surface area contributed by atoms with Crippen molar-refractivity contribution in [1.82, 2.24) is 24.3 Å². The van der Waals surface area contributed by atoms with E-state index in [1.54, 1.807) is 44.8 Å². The number of aryl methyl sites for hydroxylation is 1. The van der Waals surface area contributed by atoms with E-state index in [4.69, 9.17) is 28.9 Å². The van der Waals surface area contributed by atoms with Crippen molar-refractivity contribution in [3.8, 4) is 23.0 Å². The van der Waals surface area contributed by atoms with E-state index >= 15 is 0 Å². The number of rotatable bonds is 10. The van der Waals surface area contributed by atoms with Crippen LogP contribution in [0.4, 0.5) is 11.4 Å². The largest absolute Gasteiger partial charge is 0.493 e. The first-order chi connectivity index (χ1) is 28.1. The van der Waals surface area contributed by atoms with Gasteiger partial charge >= 0.3 is 0 Å². The smallest absolute Gasteiger partial charge is 0.257 e. The van der Waals surface area contributed by atoms with E-state index in [0.29, 0.717) is 71.6 Å². The molecule has 5 heterocycles. The Morgan fingerprint density at radius 1 is 0.690 bits per heavy atom. The molecule has 2 atom stereocenters. The van der Waals surface area contributed by atoms with Crippen LogP contribution in [-0.4, -0.2) is 88.9 Å². The number of hydrogen-bond acceptors (Lipinski definition) is 10. The summed E-state index contributed by atoms with van der Waals surface area (Å²) in [5, 5.41) is 0. The highest BCUT2D eigenvalue weighted by Crippen LogP contribution is 2.40. The molecule has 0 saturated heterocycles. The lowest BCUT2D eigenvalue weighted by Gasteiger charge is -2.34. The molecule has 0 bridgehead atoms. The summed E-state index contributed by atoms with van der Waals surface area (Å²) in [5.74, 6) is 1.68. The molecule has 4 aromatic carbocycles. The third kappa shape index (κ3) is 6.95. The van der Waals surface area contributed by atoms with Crippen LogP contribution in [0, 0.1) is 0 Å². The van der Waals surface area contributed by atoms with Crippen LogP contribution in [-0.2, 0) is 52.7 Å². The summed E-state index contributed by atoms with van der Waals surface area (Å²) in [7, 11) is 9.17. The summed E-state index contributed by atoms with van der Waals surface area (Å²) in [6, 6.07) is 21.2. The van der Waals surface area contributed by atoms with Gasteiger partial charge in [-0.3, -0.25) is 19.6 Å². The monoisotopic (exact) mass is 779 g/mol. The zero-order chi connectivity index (χ0) is 40.1. The molecule has 4 aliphatic heterocycles. The van der Waals surface area contributed by atoms with Gasteiger partial charge in [0.15, 0.2) is 23.0 Å². The lowest BCUT2D eigenvalue weighted by atomic mass is 9.94. The Bertz CT molecular complexity index is 2510. The number of carbonyl (C=O) groups excluding carboxylic acids is 2. The highest BCUT2D eigenvalue weighted by atomic mass is 16.5. The zero-order valence-electron chi connectivity index (χ0n) is 33.3. The quantitative estimate of drug-likeness (QED) is 0.164. The fourth-order valence-electron chi connectivity index (χ4n) is 8.37. The van der Waals surface area contributed by atoms with Gasteiger partial charge in [-0.05, 0) is 66.5 Å². The third-order valence-corrected chi connectivity index (χ3v) is 11.3. The molecule has 0 saturated carbocycles. The van der Waals surface area contributed by atoms with Crippen LogP contribution in [0.5, 0.6) is 23.0 Å². The Kier molecular flexibility index (Phi) is 9.68. The zero-order valence-corrected chi connectivity index (χ0v) is 33.3. The van der Waals surface area contributed by atoms with Crippen LogP contribution in [0.15, 0.2) is 83.0 Å². The van der Waals surface area contributed by atoms with Crippen LogP contribution < -0.4 is 18.9 Å². The first-order valence-electron chi connectivity index (χ1n) is 19.4. The lowest BCUT2D eigenvalue weighted by molar-refractivity contribution is 0.0693. The van der Waals surface area contributed by atoms with Crippen molar-refractivity contribution in [3.63, 3.8) is 0 Å². The highest BCUT2D eigenvalue weighted by molar-refractivity contribution is 6.04. The van der Waals surface area contributed by atoms with Gasteiger partial charge in [-0.1, -0.05) is 36.4 Å². The number of imidazole rings is 1. The number of aromatic nitrogens is 2. The van der Waals surface area contributed by atoms with Crippen LogP contribution >= 0.6 is 0 Å². The predicted octanol–water partition coefficient (Wildman–Crippen LogP) is 6.22. The van der Waals surface area contributed by atoms with Gasteiger partial charge in [0.05, 0.1) is 67.4 Å². The van der Waals surface area contributed by atoms with Gasteiger partial charge in [0.25, 0.3) is 11.8 Å². The van der Waals surface area contributed by atoms with Gasteiger partial charge in [-0.2, -0.15) is 0 Å². The van der Waals surface area contributed by atoms with Crippen molar-refractivity contribution in [2.24, 2.45) is 17.0 Å². The minimum absolute atomic E-state index is 0.0817. The first kappa shape index (κ1) is 37.1. The SMILES string of the molecule is COc1cc2c(cc1OCc1cc(COc3cc4c(cc3OC)C(=O)N3Cc5ncn(C)c5C[C@H]3C=N4)cc(CN(C)C)c1)N=C[C@@H]1Cc3ccccc3CN1C2=O. The minimum atomic E-state index is -0.181. The maximum absolute atomic E-state index is 13.9. The van der Waals surface area contributed by atoms with E-state index in [0.717, 1.165) is 40.1 Å². The lowest BCUT2D eigenvalue weighted by Crippen LogP contribution is -2.44. The molecule has 13 nitrogen and oxygen atoms in total. The average molecular weight is 780 g/mol. The molecule has 0 radical (unpaired) electrons. The molecule has 0 aliphatic carbocycles. The molecule has 5 aromatic rings. The Morgan fingerprint density at radius 2 is 1.24 bits per heavy atom. The fourth-order valence-corrected chi connectivity index (χ4v) is 8.37. The maximum Gasteiger partial charge on any atom is 0.257 e. The maximum atomic E-state index is 13.9. The van der Waals surface area contributed by atoms with Gasteiger partial charge in [0.2, 0.25) is 0 Å². The molecule has 0 N–H and O–H groups in total. The third-order valence-electron chi connectivity index (χ3n) is 11.3. The molecular formula is C45H45N7O6. The van der Waals surface area contributed by atoms with E-state index in [9.17, 15) is 9.59 Å². The Morgan fingerprint density at radius 3 is 1.83 bits per heavy atom. The van der Waals surface area contributed by atoms with Crippen molar-refractivity contribution in [3.05, 3.63) is 123 Å². The standard InChI is InChI=1S/C45H45N7O6/c1-49(2)21-27-10-28(24-57-42-17-36-34(15-40(42)55-4)44(53)51-22-31-9-7-6-8-30(31)13-32(51)19-46-36)12-29(11-27)25-58-43-18-37-35(16-41(43)56-5)45(54)52-23-38-39(50(3)26-48-38)14-33(52)20-47-37/h6-12,15-20,26,32-33H,13-14,21-25H2,1-5H3/t32-,33-/m0/s1. The molecular weight excluding hydrogens is 735 g/mol. The van der Waals surface area contributed by atoms with E-state index in [2.05, 4.69) is 34.1 Å². The summed E-state index contributed by atoms with van der Waals surface area (Å²) >= 11 is 0. The van der Waals surface area contributed by atoms with E-state index in [1.165, 1.54) is 5.56 Å². The number of aliphatic imine (C=N–C) groups is 2. The van der Waals surface area contributed by atoms with Crippen molar-refractivity contribution in [1.29, 1.82) is 0 Å². The predicted molar refractivity (Wildman–Crippen MR) is 219 cm³/mol. The second-order valence-electron chi connectivity index (χ2n) is 15.5. The summed E-state index contributed by atoms with van der Waals surface area (Å²) in [5.41, 5.74) is 9.37. The number of amides is 2. The first-order valence-corrected chi connectivity index (χ1v) is 19.4. The Balaban J connectivity index is 0.944. The number of methoxy groups -OCH3 is 2. The number of carbonyl (C=O) groups is 2. The number of fused-ring (bicyclic) bond motifs is 6. The van der Waals surface area contributed by atoms with Gasteiger partial charge in [0, 0.05) is 56.8 Å². The van der Waals surface area contributed by atoms with Gasteiger partial charge in [0.1, 0.15) is 13.2 Å². The second-order valence-corrected chi connectivity index (χ2v) is 15.5. The van der Waals surface area contributed by atoms with Crippen LogP contribution in [0.2, 0.25) is 0 Å². The van der Waals surface area contributed by atoms with Gasteiger partial charge in [-0.15, -0.1) is 0 Å². The molecule has 9 rings (SSSR count). The van der Waals surface area contributed by atoms with E-state index in [1.807, 2.05) is 66.1 Å². The second kappa shape index (κ2) is 15.1. The molecule has 4 aliphatic rings. The number of ether oxygens (including phenoxy) is 4. The average Bonchev–Trinajstić information content (AvgIpc) is 3.46. The molecule has 58 heavy (non-hydrogen) atoms. The number of hydrogen-bond donors (Lipinski definition) is 0. The molecule has 0 spiro atoms. The van der Waals surface area contributed by atoms with Crippen molar-refractivity contribution < 1.29 is 28.5 Å². The van der Waals surface area contributed by atoms with E-state index < -0.39 is 0 Å². The van der Waals surface area contributed by atoms with Crippen molar-refractivity contribution in [2.75, 3.05) is 28.3 Å². The number of benzene rings is 4. The van der Waals surface area contributed by atoms with Crippen molar-refractivity contribution in [2.45, 2.75) is 57.8 Å². The molecule has 13 heteroatoms. The summed E-state index contributed by atoms with van der Waals surface area (Å²) in [4.78, 5) is 47.7. The Hall–Kier alpha value is -6.47. The van der Waals surface area contributed by atoms with E-state index in [-0.39, 0.29) is 37.1 Å². The van der Waals surface area contributed by atoms with Gasteiger partial charge in [-0.25, -0.2) is 4.98 Å². The Labute approximate surface area is 337 Å². The highest BCUT2D eigenvalue weighted by Gasteiger charge is 2.36. The molecule has 2 amide bonds. The molecule has 1 aromatic heterocycles. The summed E-state index contributed by atoms with van der Waals surface area (Å²) in [6.07, 6.45) is 6.87. The van der Waals surface area contributed by atoms with Crippen LogP contribution in [0.1, 0.15) is 59.9 Å². The van der Waals surface area contributed by atoms with Crippen LogP contribution in [0.3, 0.4) is 0 Å². The van der Waals surface area contributed by atoms with Gasteiger partial charge < -0.3 is 38.2 Å². The molecule has 0 fully saturated rings. The molecule has 0 unspecified atom stereocenters. The fraction of sp³-hybridized carbons (Fsp3) is 0.311. The minimum Gasteiger partial charge on any atom is -0.493 e. The molecule has 296 valence electrons. The summed E-state index contributed by atoms with van der Waals surface area (Å²) < 4.78 is 26.4.